The van der Waals surface area contributed by atoms with Crippen LogP contribution in [0, 0.1) is 11.8 Å². The summed E-state index contributed by atoms with van der Waals surface area (Å²) in [4.78, 5) is 0. The Morgan fingerprint density at radius 1 is 0.923 bits per heavy atom. The minimum absolute atomic E-state index is 0.968. The van der Waals surface area contributed by atoms with E-state index in [0.29, 0.717) is 0 Å². The first-order chi connectivity index (χ1) is 6.20. The molecule has 0 saturated carbocycles. The van der Waals surface area contributed by atoms with Crippen molar-refractivity contribution in [3.63, 3.8) is 0 Å². The fourth-order valence-electron chi connectivity index (χ4n) is 3.54. The Morgan fingerprint density at radius 3 is 2.31 bits per heavy atom. The van der Waals surface area contributed by atoms with Gasteiger partial charge < -0.3 is 4.48 Å². The fraction of sp³-hybridized carbons (Fsp3) is 1.00. The zero-order valence-electron chi connectivity index (χ0n) is 9.26. The highest BCUT2D eigenvalue weighted by molar-refractivity contribution is 4.67. The van der Waals surface area contributed by atoms with E-state index in [9.17, 15) is 0 Å². The highest BCUT2D eigenvalue weighted by Crippen LogP contribution is 2.30. The van der Waals surface area contributed by atoms with Crippen LogP contribution in [-0.4, -0.2) is 30.7 Å². The van der Waals surface area contributed by atoms with E-state index in [1.54, 1.807) is 0 Å². The number of quaternary nitrogens is 1. The monoisotopic (exact) mass is 182 g/mol. The van der Waals surface area contributed by atoms with Crippen LogP contribution in [0.3, 0.4) is 0 Å². The standard InChI is InChI=1S/C12H24N/c1-11-5-8-13(6-3-4-7-13)10-12(2)9-11/h11-12H,3-10H2,1-2H3/q+1. The Balaban J connectivity index is 2.03. The van der Waals surface area contributed by atoms with Crippen LogP contribution in [0.2, 0.25) is 0 Å². The number of nitrogens with zero attached hydrogens (tertiary/aromatic N) is 1. The van der Waals surface area contributed by atoms with Gasteiger partial charge in [0.1, 0.15) is 0 Å². The molecule has 0 bridgehead atoms. The Hall–Kier alpha value is -0.0400. The summed E-state index contributed by atoms with van der Waals surface area (Å²) in [7, 11) is 0. The topological polar surface area (TPSA) is 0 Å². The Kier molecular flexibility index (Phi) is 2.64. The predicted molar refractivity (Wildman–Crippen MR) is 56.5 cm³/mol. The van der Waals surface area contributed by atoms with Crippen LogP contribution < -0.4 is 0 Å². The van der Waals surface area contributed by atoms with Gasteiger partial charge in [0.05, 0.1) is 26.2 Å². The predicted octanol–water partition coefficient (Wildman–Crippen LogP) is 2.66. The number of hydrogen-bond acceptors (Lipinski definition) is 0. The summed E-state index contributed by atoms with van der Waals surface area (Å²) in [5, 5.41) is 0. The largest absolute Gasteiger partial charge is 0.323 e. The maximum absolute atomic E-state index is 2.46. The SMILES string of the molecule is CC1CC[N+]2(CCCC2)CC(C)C1. The molecule has 0 amide bonds. The first-order valence-electron chi connectivity index (χ1n) is 6.05. The summed E-state index contributed by atoms with van der Waals surface area (Å²) in [5.74, 6) is 1.95. The molecule has 2 heterocycles. The average Bonchev–Trinajstić information content (AvgIpc) is 2.44. The van der Waals surface area contributed by atoms with E-state index in [2.05, 4.69) is 13.8 Å². The van der Waals surface area contributed by atoms with Gasteiger partial charge in [-0.1, -0.05) is 13.8 Å². The van der Waals surface area contributed by atoms with E-state index in [1.165, 1.54) is 56.3 Å². The van der Waals surface area contributed by atoms with Gasteiger partial charge in [0.25, 0.3) is 0 Å². The van der Waals surface area contributed by atoms with Gasteiger partial charge in [-0.3, -0.25) is 0 Å². The Labute approximate surface area is 82.7 Å². The molecule has 2 saturated heterocycles. The highest BCUT2D eigenvalue weighted by Gasteiger charge is 2.35. The van der Waals surface area contributed by atoms with E-state index in [0.717, 1.165) is 11.8 Å². The first-order valence-corrected chi connectivity index (χ1v) is 6.05. The van der Waals surface area contributed by atoms with Crippen LogP contribution in [0.15, 0.2) is 0 Å². The van der Waals surface area contributed by atoms with Crippen molar-refractivity contribution in [2.24, 2.45) is 11.8 Å². The van der Waals surface area contributed by atoms with Crippen LogP contribution in [0.1, 0.15) is 39.5 Å². The molecule has 2 atom stereocenters. The van der Waals surface area contributed by atoms with E-state index in [-0.39, 0.29) is 0 Å². The van der Waals surface area contributed by atoms with Crippen LogP contribution >= 0.6 is 0 Å². The highest BCUT2D eigenvalue weighted by atomic mass is 15.4. The molecule has 2 unspecified atom stereocenters. The van der Waals surface area contributed by atoms with Crippen LogP contribution in [0.4, 0.5) is 0 Å². The fourth-order valence-corrected chi connectivity index (χ4v) is 3.54. The zero-order chi connectivity index (χ0) is 9.31. The molecule has 13 heavy (non-hydrogen) atoms. The van der Waals surface area contributed by atoms with Crippen molar-refractivity contribution in [1.82, 2.24) is 0 Å². The average molecular weight is 182 g/mol. The van der Waals surface area contributed by atoms with Gasteiger partial charge in [-0.05, 0) is 18.8 Å². The molecule has 2 fully saturated rings. The molecule has 1 nitrogen and oxygen atoms in total. The van der Waals surface area contributed by atoms with Crippen molar-refractivity contribution in [2.45, 2.75) is 39.5 Å². The van der Waals surface area contributed by atoms with Crippen LogP contribution in [0.5, 0.6) is 0 Å². The van der Waals surface area contributed by atoms with Crippen molar-refractivity contribution in [3.05, 3.63) is 0 Å². The minimum atomic E-state index is 0.968. The number of rotatable bonds is 0. The van der Waals surface area contributed by atoms with Crippen molar-refractivity contribution < 1.29 is 4.48 Å². The Bertz CT molecular complexity index is 170. The van der Waals surface area contributed by atoms with Crippen molar-refractivity contribution in [3.8, 4) is 0 Å². The van der Waals surface area contributed by atoms with Crippen molar-refractivity contribution >= 4 is 0 Å². The second-order valence-corrected chi connectivity index (χ2v) is 5.64. The summed E-state index contributed by atoms with van der Waals surface area (Å²) in [5.41, 5.74) is 0. The lowest BCUT2D eigenvalue weighted by atomic mass is 9.97. The molecule has 0 aromatic carbocycles. The maximum atomic E-state index is 2.46. The quantitative estimate of drug-likeness (QED) is 0.505. The number of hydrogen-bond donors (Lipinski definition) is 0. The molecule has 0 N–H and O–H groups in total. The maximum Gasteiger partial charge on any atom is 0.0812 e. The molecule has 2 aliphatic heterocycles. The summed E-state index contributed by atoms with van der Waals surface area (Å²) in [6.07, 6.45) is 5.92. The third kappa shape index (κ3) is 2.07. The van der Waals surface area contributed by atoms with Gasteiger partial charge in [-0.2, -0.15) is 0 Å². The molecular weight excluding hydrogens is 158 g/mol. The lowest BCUT2D eigenvalue weighted by Gasteiger charge is -2.34. The lowest BCUT2D eigenvalue weighted by Crippen LogP contribution is -2.47. The van der Waals surface area contributed by atoms with E-state index >= 15 is 0 Å². The smallest absolute Gasteiger partial charge is 0.0812 e. The summed E-state index contributed by atoms with van der Waals surface area (Å²) in [6, 6.07) is 0. The molecular formula is C12H24N+. The zero-order valence-corrected chi connectivity index (χ0v) is 9.26. The van der Waals surface area contributed by atoms with Gasteiger partial charge in [-0.15, -0.1) is 0 Å². The minimum Gasteiger partial charge on any atom is -0.323 e. The summed E-state index contributed by atoms with van der Waals surface area (Å²) < 4.78 is 1.48. The van der Waals surface area contributed by atoms with Crippen LogP contribution in [0.25, 0.3) is 0 Å². The van der Waals surface area contributed by atoms with E-state index in [4.69, 9.17) is 0 Å². The van der Waals surface area contributed by atoms with E-state index < -0.39 is 0 Å². The normalized spacial score (nSPS) is 39.2. The summed E-state index contributed by atoms with van der Waals surface area (Å²) >= 11 is 0. The second kappa shape index (κ2) is 3.61. The molecule has 76 valence electrons. The molecule has 0 aromatic rings. The lowest BCUT2D eigenvalue weighted by molar-refractivity contribution is -0.918. The third-order valence-electron chi connectivity index (χ3n) is 4.11. The van der Waals surface area contributed by atoms with Gasteiger partial charge in [-0.25, -0.2) is 0 Å². The molecule has 1 spiro atoms. The van der Waals surface area contributed by atoms with Gasteiger partial charge in [0, 0.05) is 18.8 Å². The van der Waals surface area contributed by atoms with E-state index in [1.807, 2.05) is 0 Å². The van der Waals surface area contributed by atoms with Crippen LogP contribution in [-0.2, 0) is 0 Å². The Morgan fingerprint density at radius 2 is 1.62 bits per heavy atom. The second-order valence-electron chi connectivity index (χ2n) is 5.64. The molecule has 2 aliphatic rings. The third-order valence-corrected chi connectivity index (χ3v) is 4.11. The van der Waals surface area contributed by atoms with Gasteiger partial charge in [0.2, 0.25) is 0 Å². The van der Waals surface area contributed by atoms with Crippen molar-refractivity contribution in [2.75, 3.05) is 26.2 Å². The molecule has 0 aromatic heterocycles. The molecule has 2 rings (SSSR count). The summed E-state index contributed by atoms with van der Waals surface area (Å²) in [6.45, 7) is 10.8. The van der Waals surface area contributed by atoms with Crippen molar-refractivity contribution in [1.29, 1.82) is 0 Å². The first kappa shape index (κ1) is 9.51. The molecule has 0 aliphatic carbocycles. The molecule has 0 radical (unpaired) electrons. The van der Waals surface area contributed by atoms with Gasteiger partial charge >= 0.3 is 0 Å². The van der Waals surface area contributed by atoms with Gasteiger partial charge in [0.15, 0.2) is 0 Å². The molecule has 1 heteroatoms.